The first-order chi connectivity index (χ1) is 21.3. The van der Waals surface area contributed by atoms with Crippen molar-refractivity contribution in [2.75, 3.05) is 0 Å². The maximum Gasteiger partial charge on any atom is 0.0972 e. The normalized spacial score (nSPS) is 11.7. The molecule has 9 rings (SSSR count). The van der Waals surface area contributed by atoms with Gasteiger partial charge in [0.1, 0.15) is 0 Å². The standard InChI is InChI=1S/C39H23N3S/c1-2-7-24(8-3-1)32-19-16-26-14-15-27-17-20-33(42-39(27)38(26)41-32)28-18-21-34-31(23-28)36-29(11-5-13-35(36)43-34)30-12-4-9-25-10-6-22-40-37(25)30/h1-23H. The zero-order valence-electron chi connectivity index (χ0n) is 23.0. The highest BCUT2D eigenvalue weighted by atomic mass is 32.1. The van der Waals surface area contributed by atoms with Gasteiger partial charge in [0.05, 0.1) is 27.9 Å². The van der Waals surface area contributed by atoms with Crippen LogP contribution in [0.5, 0.6) is 0 Å². The summed E-state index contributed by atoms with van der Waals surface area (Å²) in [5.74, 6) is 0. The predicted octanol–water partition coefficient (Wildman–Crippen LogP) is 10.7. The second-order valence-corrected chi connectivity index (χ2v) is 11.9. The maximum atomic E-state index is 5.23. The van der Waals surface area contributed by atoms with Crippen LogP contribution in [0.3, 0.4) is 0 Å². The quantitative estimate of drug-likeness (QED) is 0.200. The van der Waals surface area contributed by atoms with Gasteiger partial charge in [-0.1, -0.05) is 97.1 Å². The van der Waals surface area contributed by atoms with E-state index in [0.29, 0.717) is 0 Å². The molecule has 43 heavy (non-hydrogen) atoms. The molecular formula is C39H23N3S. The van der Waals surface area contributed by atoms with Crippen LogP contribution in [-0.4, -0.2) is 15.0 Å². The smallest absolute Gasteiger partial charge is 0.0972 e. The summed E-state index contributed by atoms with van der Waals surface area (Å²) < 4.78 is 2.53. The molecule has 0 aliphatic heterocycles. The van der Waals surface area contributed by atoms with Gasteiger partial charge in [-0.25, -0.2) is 9.97 Å². The topological polar surface area (TPSA) is 38.7 Å². The van der Waals surface area contributed by atoms with E-state index in [0.717, 1.165) is 60.8 Å². The van der Waals surface area contributed by atoms with Crippen LogP contribution in [0.25, 0.3) is 86.5 Å². The number of pyridine rings is 3. The van der Waals surface area contributed by atoms with E-state index >= 15 is 0 Å². The minimum absolute atomic E-state index is 0.922. The molecular weight excluding hydrogens is 543 g/mol. The second-order valence-electron chi connectivity index (χ2n) is 10.8. The van der Waals surface area contributed by atoms with Gasteiger partial charge in [-0.2, -0.15) is 0 Å². The third-order valence-corrected chi connectivity index (χ3v) is 9.44. The maximum absolute atomic E-state index is 5.23. The molecule has 0 atom stereocenters. The number of thiophene rings is 1. The highest BCUT2D eigenvalue weighted by Crippen LogP contribution is 2.42. The van der Waals surface area contributed by atoms with Crippen LogP contribution in [0.4, 0.5) is 0 Å². The fourth-order valence-electron chi connectivity index (χ4n) is 6.23. The van der Waals surface area contributed by atoms with Gasteiger partial charge >= 0.3 is 0 Å². The predicted molar refractivity (Wildman–Crippen MR) is 182 cm³/mol. The van der Waals surface area contributed by atoms with Gasteiger partial charge in [-0.05, 0) is 42.0 Å². The van der Waals surface area contributed by atoms with Gasteiger partial charge in [-0.15, -0.1) is 11.3 Å². The van der Waals surface area contributed by atoms with Crippen LogP contribution in [0.1, 0.15) is 0 Å². The number of para-hydroxylation sites is 1. The molecule has 5 aromatic carbocycles. The molecule has 200 valence electrons. The van der Waals surface area contributed by atoms with Crippen LogP contribution in [0.15, 0.2) is 140 Å². The molecule has 0 amide bonds. The molecule has 0 fully saturated rings. The van der Waals surface area contributed by atoms with Crippen molar-refractivity contribution in [3.05, 3.63) is 140 Å². The molecule has 0 aliphatic rings. The van der Waals surface area contributed by atoms with E-state index in [1.807, 2.05) is 41.8 Å². The van der Waals surface area contributed by atoms with Crippen LogP contribution < -0.4 is 0 Å². The second kappa shape index (κ2) is 9.55. The molecule has 0 saturated heterocycles. The van der Waals surface area contributed by atoms with Crippen molar-refractivity contribution in [2.45, 2.75) is 0 Å². The number of aromatic nitrogens is 3. The number of nitrogens with zero attached hydrogens (tertiary/aromatic N) is 3. The van der Waals surface area contributed by atoms with E-state index in [1.54, 1.807) is 0 Å². The zero-order valence-corrected chi connectivity index (χ0v) is 23.8. The van der Waals surface area contributed by atoms with Gasteiger partial charge in [0.2, 0.25) is 0 Å². The SMILES string of the molecule is c1ccc(-c2ccc3ccc4ccc(-c5ccc6sc7cccc(-c8cccc9cccnc89)c7c6c5)nc4c3n2)cc1. The minimum atomic E-state index is 0.922. The average molecular weight is 566 g/mol. The number of fused-ring (bicyclic) bond motifs is 7. The molecule has 9 aromatic rings. The Kier molecular flexibility index (Phi) is 5.37. The van der Waals surface area contributed by atoms with Crippen molar-refractivity contribution < 1.29 is 0 Å². The molecule has 4 aromatic heterocycles. The summed E-state index contributed by atoms with van der Waals surface area (Å²) >= 11 is 1.83. The van der Waals surface area contributed by atoms with Crippen LogP contribution in [0.2, 0.25) is 0 Å². The molecule has 0 aliphatic carbocycles. The van der Waals surface area contributed by atoms with E-state index in [1.165, 1.54) is 25.7 Å². The van der Waals surface area contributed by atoms with Crippen LogP contribution in [0, 0.1) is 0 Å². The number of hydrogen-bond donors (Lipinski definition) is 0. The van der Waals surface area contributed by atoms with Crippen molar-refractivity contribution in [2.24, 2.45) is 0 Å². The summed E-state index contributed by atoms with van der Waals surface area (Å²) in [6.07, 6.45) is 1.88. The zero-order chi connectivity index (χ0) is 28.3. The molecule has 4 heterocycles. The lowest BCUT2D eigenvalue weighted by Crippen LogP contribution is -1.91. The Bertz CT molecular complexity index is 2510. The summed E-state index contributed by atoms with van der Waals surface area (Å²) in [6.45, 7) is 0. The highest BCUT2D eigenvalue weighted by Gasteiger charge is 2.15. The summed E-state index contributed by atoms with van der Waals surface area (Å²) in [5.41, 5.74) is 9.33. The molecule has 0 N–H and O–H groups in total. The Balaban J connectivity index is 1.25. The third kappa shape index (κ3) is 3.92. The van der Waals surface area contributed by atoms with E-state index in [2.05, 4.69) is 109 Å². The Hall–Kier alpha value is -5.45. The van der Waals surface area contributed by atoms with Gasteiger partial charge in [0.15, 0.2) is 0 Å². The lowest BCUT2D eigenvalue weighted by molar-refractivity contribution is 1.37. The van der Waals surface area contributed by atoms with Gasteiger partial charge in [0, 0.05) is 59.2 Å². The monoisotopic (exact) mass is 565 g/mol. The lowest BCUT2D eigenvalue weighted by atomic mass is 9.96. The van der Waals surface area contributed by atoms with E-state index < -0.39 is 0 Å². The molecule has 0 unspecified atom stereocenters. The van der Waals surface area contributed by atoms with Crippen molar-refractivity contribution in [3.8, 4) is 33.6 Å². The van der Waals surface area contributed by atoms with E-state index in [4.69, 9.17) is 15.0 Å². The van der Waals surface area contributed by atoms with Crippen molar-refractivity contribution in [1.29, 1.82) is 0 Å². The lowest BCUT2D eigenvalue weighted by Gasteiger charge is -2.09. The summed E-state index contributed by atoms with van der Waals surface area (Å²) in [4.78, 5) is 15.1. The summed E-state index contributed by atoms with van der Waals surface area (Å²) in [6, 6.07) is 47.0. The number of benzene rings is 5. The number of rotatable bonds is 3. The van der Waals surface area contributed by atoms with E-state index in [-0.39, 0.29) is 0 Å². The molecule has 0 spiro atoms. The van der Waals surface area contributed by atoms with Crippen molar-refractivity contribution in [3.63, 3.8) is 0 Å². The van der Waals surface area contributed by atoms with Crippen molar-refractivity contribution in [1.82, 2.24) is 15.0 Å². The first kappa shape index (κ1) is 24.2. The third-order valence-electron chi connectivity index (χ3n) is 8.30. The van der Waals surface area contributed by atoms with Gasteiger partial charge in [0.25, 0.3) is 0 Å². The van der Waals surface area contributed by atoms with Crippen molar-refractivity contribution >= 4 is 64.2 Å². The molecule has 0 saturated carbocycles. The highest BCUT2D eigenvalue weighted by molar-refractivity contribution is 7.26. The Morgan fingerprint density at radius 2 is 1.12 bits per heavy atom. The van der Waals surface area contributed by atoms with Crippen LogP contribution >= 0.6 is 11.3 Å². The summed E-state index contributed by atoms with van der Waals surface area (Å²) in [7, 11) is 0. The molecule has 3 nitrogen and oxygen atoms in total. The minimum Gasteiger partial charge on any atom is -0.256 e. The first-order valence-corrected chi connectivity index (χ1v) is 15.2. The van der Waals surface area contributed by atoms with Crippen LogP contribution in [-0.2, 0) is 0 Å². The molecule has 4 heteroatoms. The largest absolute Gasteiger partial charge is 0.256 e. The first-order valence-electron chi connectivity index (χ1n) is 14.4. The summed E-state index contributed by atoms with van der Waals surface area (Å²) in [5, 5.41) is 5.83. The Morgan fingerprint density at radius 1 is 0.442 bits per heavy atom. The number of hydrogen-bond acceptors (Lipinski definition) is 4. The van der Waals surface area contributed by atoms with Gasteiger partial charge in [-0.3, -0.25) is 4.98 Å². The molecule has 0 radical (unpaired) electrons. The van der Waals surface area contributed by atoms with E-state index in [9.17, 15) is 0 Å². The average Bonchev–Trinajstić information content (AvgIpc) is 3.46. The van der Waals surface area contributed by atoms with Gasteiger partial charge < -0.3 is 0 Å². The molecule has 0 bridgehead atoms. The fourth-order valence-corrected chi connectivity index (χ4v) is 7.34. The Labute approximate surface area is 251 Å². The fraction of sp³-hybridized carbons (Fsp3) is 0. The Morgan fingerprint density at radius 3 is 1.93 bits per heavy atom.